The molecule has 0 aliphatic rings. The van der Waals surface area contributed by atoms with Gasteiger partial charge >= 0.3 is 0 Å². The molecule has 0 aliphatic carbocycles. The van der Waals surface area contributed by atoms with E-state index in [1.165, 1.54) is 12.1 Å². The highest BCUT2D eigenvalue weighted by Gasteiger charge is 2.07. The van der Waals surface area contributed by atoms with Gasteiger partial charge in [0.15, 0.2) is 0 Å². The quantitative estimate of drug-likeness (QED) is 0.570. The van der Waals surface area contributed by atoms with Crippen LogP contribution < -0.4 is 15.8 Å². The monoisotopic (exact) mass is 412 g/mol. The van der Waals surface area contributed by atoms with Crippen LogP contribution >= 0.6 is 0 Å². The molecule has 0 saturated carbocycles. The number of hydrogen-bond acceptors (Lipinski definition) is 5. The summed E-state index contributed by atoms with van der Waals surface area (Å²) >= 11 is 0. The number of amides is 1. The van der Waals surface area contributed by atoms with Gasteiger partial charge in [0.2, 0.25) is 5.91 Å². The molecular weight excluding hydrogens is 387 g/mol. The third-order valence-electron chi connectivity index (χ3n) is 3.51. The van der Waals surface area contributed by atoms with E-state index < -0.39 is 10.1 Å². The van der Waals surface area contributed by atoms with Gasteiger partial charge in [-0.25, -0.2) is 4.39 Å². The van der Waals surface area contributed by atoms with Crippen molar-refractivity contribution in [1.29, 1.82) is 0 Å². The van der Waals surface area contributed by atoms with Crippen LogP contribution in [0.25, 0.3) is 0 Å². The van der Waals surface area contributed by atoms with Crippen LogP contribution in [0.1, 0.15) is 18.1 Å². The molecule has 0 spiro atoms. The highest BCUT2D eigenvalue weighted by molar-refractivity contribution is 7.85. The summed E-state index contributed by atoms with van der Waals surface area (Å²) in [5.74, 6) is 0.153. The van der Waals surface area contributed by atoms with Crippen molar-refractivity contribution in [3.8, 4) is 5.75 Å². The fourth-order valence-electron chi connectivity index (χ4n) is 2.05. The molecule has 0 saturated heterocycles. The Labute approximate surface area is 164 Å². The molecule has 154 valence electrons. The predicted octanol–water partition coefficient (Wildman–Crippen LogP) is 1.91. The Kier molecular flexibility index (Phi) is 9.57. The van der Waals surface area contributed by atoms with Crippen LogP contribution in [0.2, 0.25) is 0 Å². The van der Waals surface area contributed by atoms with Crippen LogP contribution in [0, 0.1) is 5.82 Å². The van der Waals surface area contributed by atoms with Gasteiger partial charge in [-0.15, -0.1) is 0 Å². The zero-order chi connectivity index (χ0) is 21.2. The number of benzene rings is 2. The highest BCUT2D eigenvalue weighted by atomic mass is 32.2. The van der Waals surface area contributed by atoms with E-state index in [0.29, 0.717) is 25.8 Å². The number of hydrogen-bond donors (Lipinski definition) is 3. The lowest BCUT2D eigenvalue weighted by Gasteiger charge is -2.11. The van der Waals surface area contributed by atoms with Crippen LogP contribution in [0.15, 0.2) is 48.5 Å². The topological polar surface area (TPSA) is 119 Å². The van der Waals surface area contributed by atoms with E-state index in [2.05, 4.69) is 5.32 Å². The molecule has 2 rings (SSSR count). The summed E-state index contributed by atoms with van der Waals surface area (Å²) in [4.78, 5) is 10.9. The summed E-state index contributed by atoms with van der Waals surface area (Å²) in [6, 6.07) is 13.7. The SMILES string of the molecule is CC(NCc1ccc(OCCc2cccc(F)c2)cc1)C(N)=O.CS(=O)(=O)O. The summed E-state index contributed by atoms with van der Waals surface area (Å²) in [6.07, 6.45) is 1.37. The molecule has 0 bridgehead atoms. The molecule has 0 aromatic heterocycles. The molecule has 1 unspecified atom stereocenters. The van der Waals surface area contributed by atoms with Gasteiger partial charge in [0.05, 0.1) is 18.9 Å². The van der Waals surface area contributed by atoms with Gasteiger partial charge in [0.1, 0.15) is 11.6 Å². The molecule has 0 radical (unpaired) electrons. The van der Waals surface area contributed by atoms with Gasteiger partial charge in [0, 0.05) is 13.0 Å². The number of rotatable bonds is 8. The molecule has 2 aromatic rings. The molecule has 28 heavy (non-hydrogen) atoms. The normalized spacial score (nSPS) is 11.9. The van der Waals surface area contributed by atoms with Crippen molar-refractivity contribution < 1.29 is 26.9 Å². The molecule has 1 amide bonds. The van der Waals surface area contributed by atoms with E-state index in [1.54, 1.807) is 13.0 Å². The van der Waals surface area contributed by atoms with Gasteiger partial charge < -0.3 is 15.8 Å². The van der Waals surface area contributed by atoms with Crippen LogP contribution in [0.3, 0.4) is 0 Å². The van der Waals surface area contributed by atoms with Crippen molar-refractivity contribution in [3.63, 3.8) is 0 Å². The first kappa shape index (κ1) is 23.5. The fraction of sp³-hybridized carbons (Fsp3) is 0.316. The lowest BCUT2D eigenvalue weighted by molar-refractivity contribution is -0.119. The molecule has 0 heterocycles. The van der Waals surface area contributed by atoms with Crippen molar-refractivity contribution in [1.82, 2.24) is 5.32 Å². The van der Waals surface area contributed by atoms with Crippen LogP contribution in [0.5, 0.6) is 5.75 Å². The number of primary amides is 1. The van der Waals surface area contributed by atoms with Crippen LogP contribution in [-0.2, 0) is 27.9 Å². The number of halogens is 1. The first-order chi connectivity index (χ1) is 13.0. The van der Waals surface area contributed by atoms with Crippen molar-refractivity contribution in [2.45, 2.75) is 25.9 Å². The minimum Gasteiger partial charge on any atom is -0.493 e. The third kappa shape index (κ3) is 11.3. The Morgan fingerprint density at radius 3 is 2.36 bits per heavy atom. The van der Waals surface area contributed by atoms with Crippen molar-refractivity contribution in [2.75, 3.05) is 12.9 Å². The first-order valence-electron chi connectivity index (χ1n) is 8.46. The summed E-state index contributed by atoms with van der Waals surface area (Å²) in [5, 5.41) is 3.04. The molecular formula is C19H25FN2O5S. The Morgan fingerprint density at radius 2 is 1.82 bits per heavy atom. The standard InChI is InChI=1S/C18H21FN2O2.CH4O3S/c1-13(18(20)22)21-12-15-5-7-17(8-6-15)23-10-9-14-3-2-4-16(19)11-14;1-5(2,3)4/h2-8,11,13,21H,9-10,12H2,1H3,(H2,20,22);1H3,(H,2,3,4). The molecule has 1 atom stereocenters. The predicted molar refractivity (Wildman–Crippen MR) is 105 cm³/mol. The number of ether oxygens (including phenoxy) is 1. The molecule has 7 nitrogen and oxygen atoms in total. The van der Waals surface area contributed by atoms with Gasteiger partial charge in [-0.3, -0.25) is 9.35 Å². The Balaban J connectivity index is 0.000000696. The number of nitrogens with two attached hydrogens (primary N) is 1. The van der Waals surface area contributed by atoms with Crippen molar-refractivity contribution in [2.24, 2.45) is 5.73 Å². The summed E-state index contributed by atoms with van der Waals surface area (Å²) in [5.41, 5.74) is 7.14. The minimum absolute atomic E-state index is 0.232. The zero-order valence-electron chi connectivity index (χ0n) is 15.8. The molecule has 2 aromatic carbocycles. The smallest absolute Gasteiger partial charge is 0.261 e. The second kappa shape index (κ2) is 11.4. The second-order valence-corrected chi connectivity index (χ2v) is 7.58. The van der Waals surface area contributed by atoms with Crippen molar-refractivity contribution in [3.05, 3.63) is 65.5 Å². The number of carbonyl (C=O) groups excluding carboxylic acids is 1. The highest BCUT2D eigenvalue weighted by Crippen LogP contribution is 2.13. The van der Waals surface area contributed by atoms with Gasteiger partial charge in [-0.1, -0.05) is 24.3 Å². The van der Waals surface area contributed by atoms with Gasteiger partial charge in [-0.2, -0.15) is 8.42 Å². The zero-order valence-corrected chi connectivity index (χ0v) is 16.6. The Bertz CT molecular complexity index is 849. The number of nitrogens with one attached hydrogen (secondary N) is 1. The van der Waals surface area contributed by atoms with Gasteiger partial charge in [-0.05, 0) is 42.3 Å². The van der Waals surface area contributed by atoms with Crippen molar-refractivity contribution >= 4 is 16.0 Å². The minimum atomic E-state index is -3.67. The van der Waals surface area contributed by atoms with Crippen LogP contribution in [-0.4, -0.2) is 37.8 Å². The van der Waals surface area contributed by atoms with Crippen LogP contribution in [0.4, 0.5) is 4.39 Å². The fourth-order valence-corrected chi connectivity index (χ4v) is 2.05. The molecule has 9 heteroatoms. The second-order valence-electron chi connectivity index (χ2n) is 6.11. The lowest BCUT2D eigenvalue weighted by atomic mass is 10.1. The van der Waals surface area contributed by atoms with E-state index in [0.717, 1.165) is 16.9 Å². The molecule has 4 N–H and O–H groups in total. The van der Waals surface area contributed by atoms with Gasteiger partial charge in [0.25, 0.3) is 10.1 Å². The Morgan fingerprint density at radius 1 is 1.21 bits per heavy atom. The molecule has 0 fully saturated rings. The summed E-state index contributed by atoms with van der Waals surface area (Å²) in [7, 11) is -3.67. The largest absolute Gasteiger partial charge is 0.493 e. The van der Waals surface area contributed by atoms with E-state index in [1.807, 2.05) is 30.3 Å². The van der Waals surface area contributed by atoms with E-state index in [4.69, 9.17) is 15.0 Å². The maximum absolute atomic E-state index is 13.1. The molecule has 0 aliphatic heterocycles. The van der Waals surface area contributed by atoms with E-state index >= 15 is 0 Å². The third-order valence-corrected chi connectivity index (χ3v) is 3.51. The maximum Gasteiger partial charge on any atom is 0.261 e. The first-order valence-corrected chi connectivity index (χ1v) is 10.3. The summed E-state index contributed by atoms with van der Waals surface area (Å²) < 4.78 is 44.6. The average molecular weight is 412 g/mol. The maximum atomic E-state index is 13.1. The number of carbonyl (C=O) groups is 1. The van der Waals surface area contributed by atoms with E-state index in [9.17, 15) is 17.6 Å². The van der Waals surface area contributed by atoms with E-state index in [-0.39, 0.29) is 17.8 Å². The average Bonchev–Trinajstić information content (AvgIpc) is 2.59. The Hall–Kier alpha value is -2.49. The summed E-state index contributed by atoms with van der Waals surface area (Å²) in [6.45, 7) is 2.78. The lowest BCUT2D eigenvalue weighted by Crippen LogP contribution is -2.38.